The van der Waals surface area contributed by atoms with Crippen LogP contribution in [-0.2, 0) is 19.1 Å². The fraction of sp³-hybridized carbons (Fsp3) is 0.933. The van der Waals surface area contributed by atoms with Crippen molar-refractivity contribution in [1.82, 2.24) is 46.2 Å². The average molecular weight is 922 g/mol. The van der Waals surface area contributed by atoms with Crippen molar-refractivity contribution < 1.29 is 19.1 Å². The van der Waals surface area contributed by atoms with Gasteiger partial charge in [-0.25, -0.2) is 0 Å². The van der Waals surface area contributed by atoms with E-state index in [1.54, 1.807) is 0 Å². The molecule has 1 unspecified atom stereocenters. The van der Waals surface area contributed by atoms with Crippen LogP contribution in [0, 0.1) is 0 Å². The van der Waals surface area contributed by atoms with Gasteiger partial charge in [0.2, 0.25) is 17.7 Å². The largest absolute Gasteiger partial charge is 0.367 e. The van der Waals surface area contributed by atoms with Crippen LogP contribution in [0.2, 0.25) is 0 Å². The molecule has 0 rings (SSSR count). The van der Waals surface area contributed by atoms with Crippen molar-refractivity contribution in [2.45, 2.75) is 116 Å². The predicted molar refractivity (Wildman–Crippen MR) is 269 cm³/mol. The Morgan fingerprint density at radius 3 is 1.39 bits per heavy atom. The van der Waals surface area contributed by atoms with Gasteiger partial charge >= 0.3 is 0 Å². The average Bonchev–Trinajstić information content (AvgIpc) is 3.25. The maximum Gasteiger partial charge on any atom is 0.246 e. The summed E-state index contributed by atoms with van der Waals surface area (Å²) in [4.78, 5) is 46.2. The summed E-state index contributed by atoms with van der Waals surface area (Å²) in [6.07, 6.45) is 17.9. The lowest BCUT2D eigenvalue weighted by atomic mass is 10.2. The normalized spacial score (nSPS) is 12.0. The Morgan fingerprint density at radius 2 is 0.903 bits per heavy atom. The molecule has 0 bridgehead atoms. The van der Waals surface area contributed by atoms with E-state index in [0.29, 0.717) is 31.1 Å². The molecule has 0 radical (unpaired) electrons. The smallest absolute Gasteiger partial charge is 0.246 e. The molecule has 0 saturated carbocycles. The Kier molecular flexibility index (Phi) is 49.9. The van der Waals surface area contributed by atoms with Crippen molar-refractivity contribution in [2.24, 2.45) is 11.5 Å². The zero-order chi connectivity index (χ0) is 46.3. The van der Waals surface area contributed by atoms with Crippen molar-refractivity contribution in [1.29, 1.82) is 0 Å². The summed E-state index contributed by atoms with van der Waals surface area (Å²) in [5, 5.41) is 15.4. The van der Waals surface area contributed by atoms with E-state index in [1.165, 1.54) is 73.0 Å². The number of carbonyl (C=O) groups is 3. The maximum absolute atomic E-state index is 12.4. The number of ether oxygens (including phenoxy) is 1. The lowest BCUT2D eigenvalue weighted by Crippen LogP contribution is -2.38. The Labute approximate surface area is 389 Å². The van der Waals surface area contributed by atoms with E-state index in [2.05, 4.69) is 81.3 Å². The van der Waals surface area contributed by atoms with Gasteiger partial charge in [0, 0.05) is 32.7 Å². The van der Waals surface area contributed by atoms with Crippen molar-refractivity contribution in [3.8, 4) is 0 Å². The maximum atomic E-state index is 12.4. The molecule has 0 fully saturated rings. The third-order valence-corrected chi connectivity index (χ3v) is 12.5. The quantitative estimate of drug-likeness (QED) is 0.0348. The number of nitrogens with two attached hydrogens (primary N) is 2. The van der Waals surface area contributed by atoms with Gasteiger partial charge in [-0.15, -0.1) is 0 Å². The SMILES string of the molecule is CCCCCCCN.CNCCCN(C)CCCCN(C)CCCNC(=O)CSSCC(=O)NCCCN(C)CCC(CN(C)CCCNC)OCC(=O)NCCCCCCN. The van der Waals surface area contributed by atoms with E-state index in [9.17, 15) is 14.4 Å². The van der Waals surface area contributed by atoms with Crippen LogP contribution in [0.5, 0.6) is 0 Å². The number of likely N-dealkylation sites (N-methyl/N-ethyl adjacent to an activating group) is 1. The summed E-state index contributed by atoms with van der Waals surface area (Å²) >= 11 is 0. The molecule has 1 atom stereocenters. The Morgan fingerprint density at radius 1 is 0.500 bits per heavy atom. The lowest BCUT2D eigenvalue weighted by molar-refractivity contribution is -0.128. The standard InChI is InChI=1S/C38H82N10O4S2.C7H17N/c1-40-19-13-26-45(3)24-11-12-25-46(4)27-15-22-43-37(50)33-53-54-34-38(51)44-23-16-28-47(5)30-17-35(31-48(6)29-14-20-41-2)52-32-36(49)42-21-10-8-7-9-18-39;1-2-3-4-5-6-7-8/h35,40-41H,7-34,39H2,1-6H3,(H,42,49)(H,43,50)(H,44,51);2-8H2,1H3. The summed E-state index contributed by atoms with van der Waals surface area (Å²) < 4.78 is 6.11. The lowest BCUT2D eigenvalue weighted by Gasteiger charge is -2.26. The fourth-order valence-electron chi connectivity index (χ4n) is 6.47. The van der Waals surface area contributed by atoms with Gasteiger partial charge in [0.05, 0.1) is 17.6 Å². The summed E-state index contributed by atoms with van der Waals surface area (Å²) in [5.74, 6) is 0.611. The molecule has 0 aromatic rings. The van der Waals surface area contributed by atoms with Gasteiger partial charge in [-0.2, -0.15) is 0 Å². The number of hydrogen-bond donors (Lipinski definition) is 7. The molecule has 0 aromatic carbocycles. The molecule has 15 nitrogen and oxygen atoms in total. The van der Waals surface area contributed by atoms with Crippen LogP contribution < -0.4 is 38.1 Å². The minimum absolute atomic E-state index is 0.0114. The molecule has 0 saturated heterocycles. The molecule has 3 amide bonds. The number of unbranched alkanes of at least 4 members (excludes halogenated alkanes) is 8. The van der Waals surface area contributed by atoms with Crippen LogP contribution in [0.4, 0.5) is 0 Å². The van der Waals surface area contributed by atoms with E-state index >= 15 is 0 Å². The Hall–Kier alpha value is -1.25. The van der Waals surface area contributed by atoms with Crippen LogP contribution in [-0.4, -0.2) is 202 Å². The van der Waals surface area contributed by atoms with Gasteiger partial charge in [0.1, 0.15) is 6.61 Å². The topological polar surface area (TPSA) is 186 Å². The van der Waals surface area contributed by atoms with E-state index in [0.717, 1.165) is 130 Å². The second kappa shape index (κ2) is 49.2. The van der Waals surface area contributed by atoms with Crippen LogP contribution in [0.3, 0.4) is 0 Å². The number of nitrogens with one attached hydrogen (secondary N) is 5. The van der Waals surface area contributed by atoms with Gasteiger partial charge in [-0.1, -0.05) is 67.0 Å². The van der Waals surface area contributed by atoms with Crippen molar-refractivity contribution in [3.05, 3.63) is 0 Å². The number of rotatable bonds is 45. The predicted octanol–water partition coefficient (Wildman–Crippen LogP) is 3.43. The van der Waals surface area contributed by atoms with E-state index in [4.69, 9.17) is 16.2 Å². The molecule has 370 valence electrons. The Bertz CT molecular complexity index is 990. The first kappa shape index (κ1) is 62.8. The van der Waals surface area contributed by atoms with E-state index in [1.807, 2.05) is 14.1 Å². The second-order valence-corrected chi connectivity index (χ2v) is 19.2. The minimum atomic E-state index is -0.0634. The fourth-order valence-corrected chi connectivity index (χ4v) is 8.20. The molecule has 62 heavy (non-hydrogen) atoms. The molecular formula is C45H99N11O4S2. The van der Waals surface area contributed by atoms with Gasteiger partial charge < -0.3 is 62.4 Å². The zero-order valence-electron chi connectivity index (χ0n) is 41.0. The minimum Gasteiger partial charge on any atom is -0.367 e. The number of nitrogens with zero attached hydrogens (tertiary/aromatic N) is 4. The van der Waals surface area contributed by atoms with Gasteiger partial charge in [0.15, 0.2) is 0 Å². The second-order valence-electron chi connectivity index (χ2n) is 16.7. The van der Waals surface area contributed by atoms with Crippen molar-refractivity contribution in [2.75, 3.05) is 159 Å². The third kappa shape index (κ3) is 48.2. The van der Waals surface area contributed by atoms with Gasteiger partial charge in [0.25, 0.3) is 0 Å². The number of amides is 3. The highest BCUT2D eigenvalue weighted by Gasteiger charge is 2.16. The third-order valence-electron chi connectivity index (χ3n) is 10.4. The molecular weight excluding hydrogens is 823 g/mol. The molecule has 0 aliphatic carbocycles. The summed E-state index contributed by atoms with van der Waals surface area (Å²) in [5.41, 5.74) is 10.9. The first-order chi connectivity index (χ1) is 30.0. The molecule has 9 N–H and O–H groups in total. The van der Waals surface area contributed by atoms with E-state index in [-0.39, 0.29) is 30.4 Å². The molecule has 0 heterocycles. The first-order valence-electron chi connectivity index (χ1n) is 24.1. The van der Waals surface area contributed by atoms with Crippen LogP contribution in [0.1, 0.15) is 110 Å². The summed E-state index contributed by atoms with van der Waals surface area (Å²) in [6, 6.07) is 0. The Balaban J connectivity index is 0. The monoisotopic (exact) mass is 922 g/mol. The highest BCUT2D eigenvalue weighted by molar-refractivity contribution is 8.77. The summed E-state index contributed by atoms with van der Waals surface area (Å²) in [6.45, 7) is 15.6. The van der Waals surface area contributed by atoms with Crippen LogP contribution >= 0.6 is 21.6 Å². The van der Waals surface area contributed by atoms with Crippen molar-refractivity contribution in [3.63, 3.8) is 0 Å². The van der Waals surface area contributed by atoms with Crippen LogP contribution in [0.25, 0.3) is 0 Å². The van der Waals surface area contributed by atoms with Crippen LogP contribution in [0.15, 0.2) is 0 Å². The van der Waals surface area contributed by atoms with Gasteiger partial charge in [-0.05, 0) is 172 Å². The molecule has 0 aliphatic heterocycles. The highest BCUT2D eigenvalue weighted by Crippen LogP contribution is 2.20. The zero-order valence-corrected chi connectivity index (χ0v) is 42.6. The number of hydrogen-bond acceptors (Lipinski definition) is 14. The van der Waals surface area contributed by atoms with Crippen molar-refractivity contribution >= 4 is 39.3 Å². The molecule has 17 heteroatoms. The molecule has 0 aliphatic rings. The van der Waals surface area contributed by atoms with E-state index < -0.39 is 0 Å². The molecule has 0 aromatic heterocycles. The first-order valence-corrected chi connectivity index (χ1v) is 26.6. The summed E-state index contributed by atoms with van der Waals surface area (Å²) in [7, 11) is 15.3. The van der Waals surface area contributed by atoms with Gasteiger partial charge in [-0.3, -0.25) is 14.4 Å². The molecule has 0 spiro atoms. The highest BCUT2D eigenvalue weighted by atomic mass is 33.1. The number of carbonyl (C=O) groups excluding carboxylic acids is 3.